The van der Waals surface area contributed by atoms with Crippen molar-refractivity contribution < 1.29 is 9.42 Å². The van der Waals surface area contributed by atoms with Crippen molar-refractivity contribution in [2.45, 2.75) is 38.6 Å². The van der Waals surface area contributed by atoms with E-state index in [1.54, 1.807) is 6.92 Å². The van der Waals surface area contributed by atoms with E-state index in [0.29, 0.717) is 11.4 Å². The minimum atomic E-state index is -0.0150. The average Bonchev–Trinajstić information content (AvgIpc) is 3.21. The summed E-state index contributed by atoms with van der Waals surface area (Å²) in [5, 5.41) is 7.57. The van der Waals surface area contributed by atoms with Crippen LogP contribution in [0.2, 0.25) is 0 Å². The van der Waals surface area contributed by atoms with Gasteiger partial charge in [-0.25, -0.2) is 9.61 Å². The zero-order chi connectivity index (χ0) is 16.5. The van der Waals surface area contributed by atoms with Crippen molar-refractivity contribution in [3.8, 4) is 0 Å². The number of benzene rings is 1. The largest absolute Gasteiger partial charge is 0.340 e. The molecule has 1 N–H and O–H groups in total. The Labute approximate surface area is 139 Å². The van der Waals surface area contributed by atoms with Crippen LogP contribution in [0.4, 0.5) is 0 Å². The van der Waals surface area contributed by atoms with Gasteiger partial charge in [0.1, 0.15) is 17.2 Å². The monoisotopic (exact) mass is 325 g/mol. The summed E-state index contributed by atoms with van der Waals surface area (Å²) in [6, 6.07) is 7.92. The predicted molar refractivity (Wildman–Crippen MR) is 87.1 cm³/mol. The highest BCUT2D eigenvalue weighted by Gasteiger charge is 2.30. The second-order valence-electron chi connectivity index (χ2n) is 6.21. The Bertz CT molecular complexity index is 836. The fourth-order valence-electron chi connectivity index (χ4n) is 3.30. The number of aromatic nitrogens is 4. The molecule has 0 radical (unpaired) electrons. The fraction of sp³-hybridized carbons (Fsp3) is 0.412. The second-order valence-corrected chi connectivity index (χ2v) is 6.21. The SMILES string of the molecule is Cc1nonc1CC(=O)N1CCCCC1c1nc2ccccc2[nH]1. The van der Waals surface area contributed by atoms with Crippen molar-refractivity contribution in [2.75, 3.05) is 6.54 Å². The van der Waals surface area contributed by atoms with Crippen LogP contribution >= 0.6 is 0 Å². The Hall–Kier alpha value is -2.70. The summed E-state index contributed by atoms with van der Waals surface area (Å²) >= 11 is 0. The molecular formula is C17H19N5O2. The minimum Gasteiger partial charge on any atom is -0.340 e. The van der Waals surface area contributed by atoms with Gasteiger partial charge in [-0.2, -0.15) is 0 Å². The molecule has 3 heterocycles. The summed E-state index contributed by atoms with van der Waals surface area (Å²) in [6.07, 6.45) is 3.24. The van der Waals surface area contributed by atoms with Crippen molar-refractivity contribution in [2.24, 2.45) is 0 Å². The molecule has 1 aliphatic heterocycles. The average molecular weight is 325 g/mol. The van der Waals surface area contributed by atoms with Gasteiger partial charge in [-0.15, -0.1) is 0 Å². The Morgan fingerprint density at radius 3 is 3.00 bits per heavy atom. The Kier molecular flexibility index (Phi) is 3.76. The summed E-state index contributed by atoms with van der Waals surface area (Å²) in [5.74, 6) is 0.901. The van der Waals surface area contributed by atoms with E-state index in [1.165, 1.54) is 0 Å². The standard InChI is InChI=1S/C17H19N5O2/c1-11-14(21-24-20-11)10-16(23)22-9-5-4-8-15(22)17-18-12-6-2-3-7-13(12)19-17/h2-3,6-7,15H,4-5,8-10H2,1H3,(H,18,19). The number of nitrogens with one attached hydrogen (secondary N) is 1. The zero-order valence-corrected chi connectivity index (χ0v) is 13.5. The van der Waals surface area contributed by atoms with Crippen LogP contribution in [-0.2, 0) is 11.2 Å². The first-order valence-corrected chi connectivity index (χ1v) is 8.24. The molecule has 4 rings (SSSR count). The van der Waals surface area contributed by atoms with Crippen LogP contribution < -0.4 is 0 Å². The molecule has 24 heavy (non-hydrogen) atoms. The summed E-state index contributed by atoms with van der Waals surface area (Å²) in [5.41, 5.74) is 3.21. The Morgan fingerprint density at radius 2 is 2.21 bits per heavy atom. The molecule has 0 bridgehead atoms. The number of carbonyl (C=O) groups is 1. The van der Waals surface area contributed by atoms with E-state index in [9.17, 15) is 4.79 Å². The molecule has 1 fully saturated rings. The van der Waals surface area contributed by atoms with Crippen molar-refractivity contribution in [1.82, 2.24) is 25.2 Å². The molecule has 1 atom stereocenters. The lowest BCUT2D eigenvalue weighted by molar-refractivity contribution is -0.134. The van der Waals surface area contributed by atoms with Gasteiger partial charge >= 0.3 is 0 Å². The van der Waals surface area contributed by atoms with Gasteiger partial charge in [-0.1, -0.05) is 22.4 Å². The lowest BCUT2D eigenvalue weighted by Crippen LogP contribution is -2.40. The van der Waals surface area contributed by atoms with Gasteiger partial charge in [0.05, 0.1) is 23.5 Å². The normalized spacial score (nSPS) is 18.2. The number of rotatable bonds is 3. The van der Waals surface area contributed by atoms with Crippen molar-refractivity contribution in [3.63, 3.8) is 0 Å². The number of para-hydroxylation sites is 2. The third-order valence-electron chi connectivity index (χ3n) is 4.61. The number of aromatic amines is 1. The number of aryl methyl sites for hydroxylation is 1. The molecule has 1 unspecified atom stereocenters. The molecule has 2 aromatic heterocycles. The van der Waals surface area contributed by atoms with E-state index in [4.69, 9.17) is 4.63 Å². The van der Waals surface area contributed by atoms with E-state index in [2.05, 4.69) is 20.3 Å². The molecule has 1 saturated heterocycles. The maximum atomic E-state index is 12.8. The number of H-pyrrole nitrogens is 1. The van der Waals surface area contributed by atoms with Gasteiger partial charge in [-0.05, 0) is 38.3 Å². The lowest BCUT2D eigenvalue weighted by atomic mass is 10.0. The van der Waals surface area contributed by atoms with Gasteiger partial charge in [0, 0.05) is 6.54 Å². The molecule has 0 saturated carbocycles. The molecular weight excluding hydrogens is 306 g/mol. The highest BCUT2D eigenvalue weighted by Crippen LogP contribution is 2.31. The van der Waals surface area contributed by atoms with Gasteiger partial charge in [0.15, 0.2) is 0 Å². The molecule has 0 aliphatic carbocycles. The summed E-state index contributed by atoms with van der Waals surface area (Å²) in [6.45, 7) is 2.54. The van der Waals surface area contributed by atoms with Crippen molar-refractivity contribution >= 4 is 16.9 Å². The van der Waals surface area contributed by atoms with E-state index in [-0.39, 0.29) is 18.4 Å². The maximum Gasteiger partial charge on any atom is 0.229 e. The van der Waals surface area contributed by atoms with Crippen LogP contribution in [0.3, 0.4) is 0 Å². The van der Waals surface area contributed by atoms with Gasteiger partial charge < -0.3 is 9.88 Å². The molecule has 1 aliphatic rings. The van der Waals surface area contributed by atoms with Crippen LogP contribution in [0.15, 0.2) is 28.9 Å². The van der Waals surface area contributed by atoms with Crippen LogP contribution in [0.5, 0.6) is 0 Å². The molecule has 1 amide bonds. The second kappa shape index (κ2) is 6.07. The fourth-order valence-corrected chi connectivity index (χ4v) is 3.30. The first kappa shape index (κ1) is 14.9. The minimum absolute atomic E-state index is 0.0150. The third kappa shape index (κ3) is 2.66. The smallest absolute Gasteiger partial charge is 0.229 e. The highest BCUT2D eigenvalue weighted by atomic mass is 16.6. The summed E-state index contributed by atoms with van der Waals surface area (Å²) in [7, 11) is 0. The molecule has 7 heteroatoms. The van der Waals surface area contributed by atoms with Crippen molar-refractivity contribution in [3.05, 3.63) is 41.5 Å². The number of piperidine rings is 1. The number of nitrogens with zero attached hydrogens (tertiary/aromatic N) is 4. The number of fused-ring (bicyclic) bond motifs is 1. The van der Waals surface area contributed by atoms with Gasteiger partial charge in [0.2, 0.25) is 5.91 Å². The molecule has 0 spiro atoms. The Morgan fingerprint density at radius 1 is 1.33 bits per heavy atom. The molecule has 1 aromatic carbocycles. The van der Waals surface area contributed by atoms with E-state index in [1.807, 2.05) is 29.2 Å². The van der Waals surface area contributed by atoms with Gasteiger partial charge in [-0.3, -0.25) is 4.79 Å². The highest BCUT2D eigenvalue weighted by molar-refractivity contribution is 5.79. The number of carbonyl (C=O) groups excluding carboxylic acids is 1. The third-order valence-corrected chi connectivity index (χ3v) is 4.61. The van der Waals surface area contributed by atoms with Crippen LogP contribution in [0.25, 0.3) is 11.0 Å². The Balaban J connectivity index is 1.60. The van der Waals surface area contributed by atoms with E-state index < -0.39 is 0 Å². The lowest BCUT2D eigenvalue weighted by Gasteiger charge is -2.34. The number of hydrogen-bond donors (Lipinski definition) is 1. The molecule has 124 valence electrons. The number of amides is 1. The number of imidazole rings is 1. The van der Waals surface area contributed by atoms with E-state index in [0.717, 1.165) is 42.7 Å². The quantitative estimate of drug-likeness (QED) is 0.799. The topological polar surface area (TPSA) is 87.9 Å². The van der Waals surface area contributed by atoms with Gasteiger partial charge in [0.25, 0.3) is 0 Å². The van der Waals surface area contributed by atoms with Crippen molar-refractivity contribution in [1.29, 1.82) is 0 Å². The van der Waals surface area contributed by atoms with Crippen LogP contribution in [-0.4, -0.2) is 37.6 Å². The summed E-state index contributed by atoms with van der Waals surface area (Å²) in [4.78, 5) is 22.8. The summed E-state index contributed by atoms with van der Waals surface area (Å²) < 4.78 is 4.70. The number of likely N-dealkylation sites (tertiary alicyclic amines) is 1. The maximum absolute atomic E-state index is 12.8. The first-order valence-electron chi connectivity index (χ1n) is 8.24. The molecule has 7 nitrogen and oxygen atoms in total. The predicted octanol–water partition coefficient (Wildman–Crippen LogP) is 2.55. The van der Waals surface area contributed by atoms with E-state index >= 15 is 0 Å². The first-order chi connectivity index (χ1) is 11.7. The molecule has 3 aromatic rings. The van der Waals surface area contributed by atoms with Crippen LogP contribution in [0, 0.1) is 6.92 Å². The number of hydrogen-bond acceptors (Lipinski definition) is 5. The van der Waals surface area contributed by atoms with Crippen LogP contribution in [0.1, 0.15) is 42.5 Å². The zero-order valence-electron chi connectivity index (χ0n) is 13.5.